The molecule has 0 aromatic heterocycles. The molecule has 0 saturated carbocycles. The Balaban J connectivity index is 2.64. The summed E-state index contributed by atoms with van der Waals surface area (Å²) in [6.45, 7) is 6.10. The lowest BCUT2D eigenvalue weighted by Crippen LogP contribution is -2.08. The lowest BCUT2D eigenvalue weighted by atomic mass is 9.95. The molecule has 0 heterocycles. The molecule has 0 saturated heterocycles. The van der Waals surface area contributed by atoms with Gasteiger partial charge in [-0.1, -0.05) is 18.2 Å². The Morgan fingerprint density at radius 3 is 2.47 bits per heavy atom. The van der Waals surface area contributed by atoms with Gasteiger partial charge in [0.05, 0.1) is 12.7 Å². The maximum atomic E-state index is 11.2. The standard InChI is InChI=1S/C14H20O3/c1-4-17-13(16)9-8-12(15)14-10(2)6-5-7-11(14)3/h5-7,12,15H,4,8-9H2,1-3H3. The quantitative estimate of drug-likeness (QED) is 0.799. The van der Waals surface area contributed by atoms with E-state index in [1.54, 1.807) is 6.92 Å². The third-order valence-corrected chi connectivity index (χ3v) is 2.80. The zero-order valence-electron chi connectivity index (χ0n) is 10.7. The van der Waals surface area contributed by atoms with Crippen molar-refractivity contribution >= 4 is 5.97 Å². The van der Waals surface area contributed by atoms with Gasteiger partial charge in [-0.3, -0.25) is 4.79 Å². The highest BCUT2D eigenvalue weighted by molar-refractivity contribution is 5.69. The van der Waals surface area contributed by atoms with Crippen LogP contribution in [0.5, 0.6) is 0 Å². The van der Waals surface area contributed by atoms with Crippen LogP contribution in [0.25, 0.3) is 0 Å². The lowest BCUT2D eigenvalue weighted by Gasteiger charge is -2.16. The molecule has 0 fully saturated rings. The lowest BCUT2D eigenvalue weighted by molar-refractivity contribution is -0.143. The molecule has 1 aromatic carbocycles. The number of hydrogen-bond donors (Lipinski definition) is 1. The molecule has 94 valence electrons. The Labute approximate surface area is 102 Å². The van der Waals surface area contributed by atoms with Gasteiger partial charge < -0.3 is 9.84 Å². The monoisotopic (exact) mass is 236 g/mol. The number of ether oxygens (including phenoxy) is 1. The molecule has 0 amide bonds. The van der Waals surface area contributed by atoms with Gasteiger partial charge >= 0.3 is 5.97 Å². The molecular weight excluding hydrogens is 216 g/mol. The summed E-state index contributed by atoms with van der Waals surface area (Å²) in [5.41, 5.74) is 3.04. The Morgan fingerprint density at radius 2 is 1.94 bits per heavy atom. The summed E-state index contributed by atoms with van der Waals surface area (Å²) in [6, 6.07) is 5.90. The van der Waals surface area contributed by atoms with Crippen LogP contribution in [0.3, 0.4) is 0 Å². The summed E-state index contributed by atoms with van der Waals surface area (Å²) in [5.74, 6) is -0.252. The fourth-order valence-corrected chi connectivity index (χ4v) is 1.99. The van der Waals surface area contributed by atoms with Crippen LogP contribution < -0.4 is 0 Å². The normalized spacial score (nSPS) is 12.2. The van der Waals surface area contributed by atoms with E-state index < -0.39 is 6.10 Å². The number of carbonyl (C=O) groups excluding carboxylic acids is 1. The topological polar surface area (TPSA) is 46.5 Å². The molecule has 1 unspecified atom stereocenters. The summed E-state index contributed by atoms with van der Waals surface area (Å²) in [7, 11) is 0. The highest BCUT2D eigenvalue weighted by Gasteiger charge is 2.14. The number of aliphatic hydroxyl groups is 1. The largest absolute Gasteiger partial charge is 0.466 e. The average molecular weight is 236 g/mol. The highest BCUT2D eigenvalue weighted by Crippen LogP contribution is 2.25. The van der Waals surface area contributed by atoms with Gasteiger partial charge in [0.25, 0.3) is 0 Å². The van der Waals surface area contributed by atoms with E-state index in [1.165, 1.54) is 0 Å². The van der Waals surface area contributed by atoms with Gasteiger partial charge in [-0.25, -0.2) is 0 Å². The first-order chi connectivity index (χ1) is 8.06. The Bertz CT molecular complexity index is 365. The minimum absolute atomic E-state index is 0.252. The van der Waals surface area contributed by atoms with Crippen LogP contribution in [0, 0.1) is 13.8 Å². The maximum Gasteiger partial charge on any atom is 0.305 e. The SMILES string of the molecule is CCOC(=O)CCC(O)c1c(C)cccc1C. The second-order valence-corrected chi connectivity index (χ2v) is 4.16. The van der Waals surface area contributed by atoms with E-state index in [4.69, 9.17) is 4.74 Å². The number of aliphatic hydroxyl groups excluding tert-OH is 1. The van der Waals surface area contributed by atoms with Gasteiger partial charge in [0.1, 0.15) is 0 Å². The van der Waals surface area contributed by atoms with E-state index in [0.717, 1.165) is 16.7 Å². The van der Waals surface area contributed by atoms with E-state index in [1.807, 2.05) is 32.0 Å². The molecule has 17 heavy (non-hydrogen) atoms. The summed E-state index contributed by atoms with van der Waals surface area (Å²) >= 11 is 0. The van der Waals surface area contributed by atoms with Crippen LogP contribution >= 0.6 is 0 Å². The molecule has 0 bridgehead atoms. The summed E-state index contributed by atoms with van der Waals surface area (Å²) in [5, 5.41) is 10.1. The van der Waals surface area contributed by atoms with Crippen LogP contribution in [-0.4, -0.2) is 17.7 Å². The van der Waals surface area contributed by atoms with Crippen molar-refractivity contribution in [3.63, 3.8) is 0 Å². The average Bonchev–Trinajstić information content (AvgIpc) is 2.26. The van der Waals surface area contributed by atoms with E-state index in [2.05, 4.69) is 0 Å². The molecular formula is C14H20O3. The van der Waals surface area contributed by atoms with E-state index in [0.29, 0.717) is 13.0 Å². The van der Waals surface area contributed by atoms with Crippen molar-refractivity contribution < 1.29 is 14.6 Å². The molecule has 0 aliphatic carbocycles. The van der Waals surface area contributed by atoms with E-state index in [-0.39, 0.29) is 12.4 Å². The minimum Gasteiger partial charge on any atom is -0.466 e. The maximum absolute atomic E-state index is 11.2. The number of esters is 1. The van der Waals surface area contributed by atoms with Gasteiger partial charge in [0.15, 0.2) is 0 Å². The first-order valence-corrected chi connectivity index (χ1v) is 5.96. The summed E-state index contributed by atoms with van der Waals surface area (Å²) in [4.78, 5) is 11.2. The third-order valence-electron chi connectivity index (χ3n) is 2.80. The fraction of sp³-hybridized carbons (Fsp3) is 0.500. The molecule has 1 N–H and O–H groups in total. The van der Waals surface area contributed by atoms with Crippen molar-refractivity contribution in [1.29, 1.82) is 0 Å². The van der Waals surface area contributed by atoms with Crippen molar-refractivity contribution in [2.45, 2.75) is 39.7 Å². The van der Waals surface area contributed by atoms with Crippen LogP contribution in [0.2, 0.25) is 0 Å². The van der Waals surface area contributed by atoms with Gasteiger partial charge in [-0.2, -0.15) is 0 Å². The first kappa shape index (κ1) is 13.7. The fourth-order valence-electron chi connectivity index (χ4n) is 1.99. The van der Waals surface area contributed by atoms with Crippen molar-refractivity contribution in [3.8, 4) is 0 Å². The number of hydrogen-bond acceptors (Lipinski definition) is 3. The highest BCUT2D eigenvalue weighted by atomic mass is 16.5. The second kappa shape index (κ2) is 6.40. The Hall–Kier alpha value is -1.35. The molecule has 3 heteroatoms. The van der Waals surface area contributed by atoms with Gasteiger partial charge in [0, 0.05) is 6.42 Å². The molecule has 0 aliphatic heterocycles. The van der Waals surface area contributed by atoms with Crippen LogP contribution in [0.15, 0.2) is 18.2 Å². The van der Waals surface area contributed by atoms with Crippen LogP contribution in [0.4, 0.5) is 0 Å². The summed E-state index contributed by atoms with van der Waals surface area (Å²) < 4.78 is 4.84. The van der Waals surface area contributed by atoms with E-state index >= 15 is 0 Å². The first-order valence-electron chi connectivity index (χ1n) is 5.96. The van der Waals surface area contributed by atoms with Crippen molar-refractivity contribution in [2.75, 3.05) is 6.61 Å². The molecule has 1 atom stereocenters. The predicted molar refractivity (Wildman–Crippen MR) is 66.7 cm³/mol. The number of benzene rings is 1. The number of aryl methyl sites for hydroxylation is 2. The van der Waals surface area contributed by atoms with Crippen molar-refractivity contribution in [1.82, 2.24) is 0 Å². The molecule has 0 radical (unpaired) electrons. The zero-order chi connectivity index (χ0) is 12.8. The smallest absolute Gasteiger partial charge is 0.305 e. The van der Waals surface area contributed by atoms with Crippen molar-refractivity contribution in [2.24, 2.45) is 0 Å². The van der Waals surface area contributed by atoms with Crippen LogP contribution in [-0.2, 0) is 9.53 Å². The van der Waals surface area contributed by atoms with Gasteiger partial charge in [0.2, 0.25) is 0 Å². The Kier molecular flexibility index (Phi) is 5.16. The molecule has 1 aromatic rings. The van der Waals surface area contributed by atoms with Gasteiger partial charge in [-0.15, -0.1) is 0 Å². The predicted octanol–water partition coefficient (Wildman–Crippen LogP) is 2.68. The second-order valence-electron chi connectivity index (χ2n) is 4.16. The summed E-state index contributed by atoms with van der Waals surface area (Å²) in [6.07, 6.45) is 0.0634. The molecule has 0 aliphatic rings. The molecule has 1 rings (SSSR count). The molecule has 3 nitrogen and oxygen atoms in total. The third kappa shape index (κ3) is 3.86. The van der Waals surface area contributed by atoms with Gasteiger partial charge in [-0.05, 0) is 43.9 Å². The zero-order valence-corrected chi connectivity index (χ0v) is 10.7. The van der Waals surface area contributed by atoms with Crippen molar-refractivity contribution in [3.05, 3.63) is 34.9 Å². The minimum atomic E-state index is -0.597. The molecule has 0 spiro atoms. The Morgan fingerprint density at radius 1 is 1.35 bits per heavy atom. The van der Waals surface area contributed by atoms with E-state index in [9.17, 15) is 9.90 Å². The number of carbonyl (C=O) groups is 1. The van der Waals surface area contributed by atoms with Crippen LogP contribution in [0.1, 0.15) is 42.6 Å². The number of rotatable bonds is 5.